The molecule has 1 heterocycles. The molecule has 1 rings (SSSR count). The minimum absolute atomic E-state index is 0.809. The SMILES string of the molecule is [B]c1cc(CC)c(C(=C)S)s1. The van der Waals surface area contributed by atoms with Crippen LogP contribution in [0, 0.1) is 0 Å². The lowest BCUT2D eigenvalue weighted by atomic mass is 10.1. The van der Waals surface area contributed by atoms with Crippen molar-refractivity contribution in [1.29, 1.82) is 0 Å². The summed E-state index contributed by atoms with van der Waals surface area (Å²) < 4.78 is 0.840. The van der Waals surface area contributed by atoms with E-state index >= 15 is 0 Å². The minimum Gasteiger partial charge on any atom is -0.151 e. The standard InChI is InChI=1S/C8H9BS2/c1-3-6-4-7(9)11-8(6)5(2)10/h4,10H,2-3H2,1H3. The fourth-order valence-electron chi connectivity index (χ4n) is 0.957. The molecule has 0 unspecified atom stereocenters. The summed E-state index contributed by atoms with van der Waals surface area (Å²) in [4.78, 5) is 1.93. The van der Waals surface area contributed by atoms with E-state index in [9.17, 15) is 0 Å². The van der Waals surface area contributed by atoms with E-state index in [0.717, 1.165) is 21.0 Å². The lowest BCUT2D eigenvalue weighted by molar-refractivity contribution is 1.15. The molecule has 0 saturated heterocycles. The van der Waals surface area contributed by atoms with Crippen LogP contribution in [-0.2, 0) is 6.42 Å². The smallest absolute Gasteiger partial charge is 0.128 e. The summed E-state index contributed by atoms with van der Waals surface area (Å²) in [6.07, 6.45) is 0.989. The van der Waals surface area contributed by atoms with Gasteiger partial charge in [-0.1, -0.05) is 19.6 Å². The Kier molecular flexibility index (Phi) is 2.85. The summed E-state index contributed by atoms with van der Waals surface area (Å²) in [5.74, 6) is 0. The third kappa shape index (κ3) is 1.91. The molecule has 0 aromatic carbocycles. The van der Waals surface area contributed by atoms with Crippen LogP contribution in [-0.4, -0.2) is 7.85 Å². The first-order valence-corrected chi connectivity index (χ1v) is 4.68. The highest BCUT2D eigenvalue weighted by molar-refractivity contribution is 7.90. The van der Waals surface area contributed by atoms with Gasteiger partial charge in [-0.25, -0.2) is 0 Å². The van der Waals surface area contributed by atoms with Crippen molar-refractivity contribution in [3.8, 4) is 0 Å². The van der Waals surface area contributed by atoms with E-state index in [4.69, 9.17) is 7.85 Å². The van der Waals surface area contributed by atoms with Crippen molar-refractivity contribution in [2.75, 3.05) is 0 Å². The second-order valence-electron chi connectivity index (χ2n) is 2.30. The van der Waals surface area contributed by atoms with E-state index in [-0.39, 0.29) is 0 Å². The van der Waals surface area contributed by atoms with Gasteiger partial charge < -0.3 is 0 Å². The van der Waals surface area contributed by atoms with Gasteiger partial charge in [-0.3, -0.25) is 0 Å². The zero-order chi connectivity index (χ0) is 8.43. The molecule has 0 aliphatic rings. The highest BCUT2D eigenvalue weighted by Gasteiger charge is 2.04. The Balaban J connectivity index is 3.12. The first kappa shape index (κ1) is 8.95. The maximum Gasteiger partial charge on any atom is 0.128 e. The second-order valence-corrected chi connectivity index (χ2v) is 3.93. The number of hydrogen-bond acceptors (Lipinski definition) is 2. The maximum atomic E-state index is 5.64. The van der Waals surface area contributed by atoms with Gasteiger partial charge in [0.15, 0.2) is 0 Å². The van der Waals surface area contributed by atoms with Crippen LogP contribution in [0.2, 0.25) is 0 Å². The van der Waals surface area contributed by atoms with Gasteiger partial charge in [-0.05, 0) is 16.8 Å². The van der Waals surface area contributed by atoms with Crippen molar-refractivity contribution in [1.82, 2.24) is 0 Å². The van der Waals surface area contributed by atoms with Gasteiger partial charge in [0, 0.05) is 9.78 Å². The largest absolute Gasteiger partial charge is 0.151 e. The van der Waals surface area contributed by atoms with Crippen molar-refractivity contribution in [3.63, 3.8) is 0 Å². The zero-order valence-corrected chi connectivity index (χ0v) is 8.14. The Morgan fingerprint density at radius 2 is 2.45 bits per heavy atom. The van der Waals surface area contributed by atoms with Crippen LogP contribution in [0.4, 0.5) is 0 Å². The molecule has 0 amide bonds. The van der Waals surface area contributed by atoms with Crippen molar-refractivity contribution in [2.45, 2.75) is 13.3 Å². The molecule has 0 atom stereocenters. The Morgan fingerprint density at radius 3 is 2.82 bits per heavy atom. The van der Waals surface area contributed by atoms with E-state index < -0.39 is 0 Å². The normalized spacial score (nSPS) is 10.0. The third-order valence-electron chi connectivity index (χ3n) is 1.47. The van der Waals surface area contributed by atoms with Crippen LogP contribution in [0.1, 0.15) is 17.4 Å². The lowest BCUT2D eigenvalue weighted by Crippen LogP contribution is -1.90. The first-order chi connectivity index (χ1) is 5.15. The number of thiol groups is 1. The number of thiophene rings is 1. The van der Waals surface area contributed by atoms with Crippen molar-refractivity contribution in [3.05, 3.63) is 23.1 Å². The number of aryl methyl sites for hydroxylation is 1. The molecule has 0 saturated carbocycles. The molecule has 1 aromatic heterocycles. The fourth-order valence-corrected chi connectivity index (χ4v) is 2.13. The van der Waals surface area contributed by atoms with Crippen LogP contribution >= 0.6 is 24.0 Å². The summed E-state index contributed by atoms with van der Waals surface area (Å²) in [5.41, 5.74) is 1.24. The van der Waals surface area contributed by atoms with Crippen LogP contribution < -0.4 is 4.78 Å². The van der Waals surface area contributed by atoms with Crippen molar-refractivity contribution >= 4 is 41.5 Å². The van der Waals surface area contributed by atoms with Crippen molar-refractivity contribution in [2.24, 2.45) is 0 Å². The van der Waals surface area contributed by atoms with Gasteiger partial charge in [-0.15, -0.1) is 12.6 Å². The van der Waals surface area contributed by atoms with Crippen LogP contribution in [0.15, 0.2) is 12.6 Å². The maximum absolute atomic E-state index is 5.64. The molecule has 2 radical (unpaired) electrons. The zero-order valence-electron chi connectivity index (χ0n) is 6.42. The summed E-state index contributed by atoms with van der Waals surface area (Å²) >= 11 is 5.73. The molecular weight excluding hydrogens is 171 g/mol. The Hall–Kier alpha value is -0.145. The Labute approximate surface area is 78.1 Å². The highest BCUT2D eigenvalue weighted by atomic mass is 32.1. The monoisotopic (exact) mass is 180 g/mol. The molecular formula is C8H9BS2. The molecule has 3 heteroatoms. The average molecular weight is 180 g/mol. The summed E-state index contributed by atoms with van der Waals surface area (Å²) in [5, 5.41) is 0. The van der Waals surface area contributed by atoms with Crippen LogP contribution in [0.3, 0.4) is 0 Å². The third-order valence-corrected chi connectivity index (χ3v) is 2.91. The quantitative estimate of drug-likeness (QED) is 0.522. The fraction of sp³-hybridized carbons (Fsp3) is 0.250. The molecule has 0 aliphatic carbocycles. The van der Waals surface area contributed by atoms with Gasteiger partial charge in [0.1, 0.15) is 7.85 Å². The predicted octanol–water partition coefficient (Wildman–Crippen LogP) is 2.00. The molecule has 0 aliphatic heterocycles. The van der Waals surface area contributed by atoms with E-state index in [0.29, 0.717) is 0 Å². The van der Waals surface area contributed by atoms with E-state index in [1.807, 2.05) is 6.07 Å². The molecule has 0 bridgehead atoms. The second kappa shape index (κ2) is 3.50. The van der Waals surface area contributed by atoms with E-state index in [1.54, 1.807) is 11.3 Å². The highest BCUT2D eigenvalue weighted by Crippen LogP contribution is 2.24. The van der Waals surface area contributed by atoms with Gasteiger partial charge >= 0.3 is 0 Å². The summed E-state index contributed by atoms with van der Waals surface area (Å²) in [6.45, 7) is 5.87. The van der Waals surface area contributed by atoms with Crippen LogP contribution in [0.25, 0.3) is 4.91 Å². The molecule has 0 fully saturated rings. The van der Waals surface area contributed by atoms with E-state index in [1.165, 1.54) is 5.56 Å². The number of rotatable bonds is 2. The molecule has 1 aromatic rings. The predicted molar refractivity (Wildman–Crippen MR) is 57.1 cm³/mol. The minimum atomic E-state index is 0.809. The Morgan fingerprint density at radius 1 is 1.82 bits per heavy atom. The van der Waals surface area contributed by atoms with Crippen molar-refractivity contribution < 1.29 is 0 Å². The first-order valence-electron chi connectivity index (χ1n) is 3.41. The summed E-state index contributed by atoms with van der Waals surface area (Å²) in [7, 11) is 5.64. The van der Waals surface area contributed by atoms with Gasteiger partial charge in [-0.2, -0.15) is 11.3 Å². The topological polar surface area (TPSA) is 0 Å². The summed E-state index contributed by atoms with van der Waals surface area (Å²) in [6, 6.07) is 1.99. The molecule has 0 N–H and O–H groups in total. The van der Waals surface area contributed by atoms with Gasteiger partial charge in [0.2, 0.25) is 0 Å². The number of hydrogen-bond donors (Lipinski definition) is 1. The van der Waals surface area contributed by atoms with Crippen LogP contribution in [0.5, 0.6) is 0 Å². The molecule has 0 spiro atoms. The van der Waals surface area contributed by atoms with E-state index in [2.05, 4.69) is 26.1 Å². The van der Waals surface area contributed by atoms with Gasteiger partial charge in [0.05, 0.1) is 0 Å². The average Bonchev–Trinajstić information content (AvgIpc) is 2.30. The van der Waals surface area contributed by atoms with Gasteiger partial charge in [0.25, 0.3) is 0 Å². The molecule has 56 valence electrons. The molecule has 11 heavy (non-hydrogen) atoms. The lowest BCUT2D eigenvalue weighted by Gasteiger charge is -1.96. The Bertz CT molecular complexity index is 276. The molecule has 0 nitrogen and oxygen atoms in total.